The monoisotopic (exact) mass is 1130 g/mol. The van der Waals surface area contributed by atoms with Crippen molar-refractivity contribution in [2.75, 3.05) is 9.80 Å². The Kier molecular flexibility index (Phi) is 11.7. The van der Waals surface area contributed by atoms with Gasteiger partial charge in [0.25, 0.3) is 6.71 Å². The molecule has 16 rings (SSSR count). The van der Waals surface area contributed by atoms with E-state index in [1.165, 1.54) is 112 Å². The predicted octanol–water partition coefficient (Wildman–Crippen LogP) is 20.7. The van der Waals surface area contributed by atoms with Gasteiger partial charge in [-0.05, 0) is 173 Å². The highest BCUT2D eigenvalue weighted by molar-refractivity contribution is 7.00. The van der Waals surface area contributed by atoms with Gasteiger partial charge in [0.15, 0.2) is 0 Å². The Morgan fingerprint density at radius 2 is 0.828 bits per heavy atom. The number of hydrogen-bond donors (Lipinski definition) is 0. The average molecular weight is 1130 g/mol. The predicted molar refractivity (Wildman–Crippen MR) is 371 cm³/mol. The molecule has 13 aromatic rings. The first-order chi connectivity index (χ1) is 41.9. The second-order valence-electron chi connectivity index (χ2n) is 28.4. The van der Waals surface area contributed by atoms with Gasteiger partial charge in [-0.2, -0.15) is 0 Å². The second kappa shape index (κ2) is 19.1. The summed E-state index contributed by atoms with van der Waals surface area (Å²) in [6, 6.07) is 87.8. The van der Waals surface area contributed by atoms with Gasteiger partial charge in [-0.3, -0.25) is 0 Å². The molecule has 0 spiro atoms. The molecule has 0 amide bonds. The van der Waals surface area contributed by atoms with E-state index in [1.807, 2.05) is 0 Å². The van der Waals surface area contributed by atoms with Gasteiger partial charge >= 0.3 is 0 Å². The molecule has 0 fully saturated rings. The van der Waals surface area contributed by atoms with Gasteiger partial charge in [-0.15, -0.1) is 0 Å². The molecular weight excluding hydrogens is 1050 g/mol. The van der Waals surface area contributed by atoms with E-state index in [9.17, 15) is 0 Å². The number of furan rings is 1. The third kappa shape index (κ3) is 8.47. The molecule has 0 bridgehead atoms. The van der Waals surface area contributed by atoms with E-state index in [1.54, 1.807) is 0 Å². The first kappa shape index (κ1) is 53.2. The highest BCUT2D eigenvalue weighted by Crippen LogP contribution is 2.50. The summed E-state index contributed by atoms with van der Waals surface area (Å²) >= 11 is 0. The topological polar surface area (TPSA) is 24.6 Å². The molecule has 2 aromatic heterocycles. The quantitative estimate of drug-likeness (QED) is 0.155. The molecule has 424 valence electrons. The number of hydrogen-bond acceptors (Lipinski definition) is 3. The lowest BCUT2D eigenvalue weighted by molar-refractivity contribution is 0.332. The van der Waals surface area contributed by atoms with Crippen LogP contribution in [0.25, 0.3) is 82.8 Å². The molecule has 2 aliphatic heterocycles. The number of benzene rings is 11. The van der Waals surface area contributed by atoms with Crippen molar-refractivity contribution >= 4 is 101 Å². The largest absolute Gasteiger partial charge is 0.456 e. The number of rotatable bonds is 6. The second-order valence-corrected chi connectivity index (χ2v) is 28.4. The van der Waals surface area contributed by atoms with Gasteiger partial charge < -0.3 is 18.8 Å². The summed E-state index contributed by atoms with van der Waals surface area (Å²) < 4.78 is 9.29. The number of aromatic nitrogens is 1. The van der Waals surface area contributed by atoms with E-state index in [0.29, 0.717) is 0 Å². The SMILES string of the molecule is CC(C)(C)c1cccc(-c2ccc3c(c2)B2c4cc(-c5cccc(C(C)(C)C)c5)ccc4N(c4ccc5c(c4)oc4ccccc45)c4cc(-n5c6ccccc6c6ccccc65)cc(c42)N3c2ccc(-c3ccc4c(c3)C(C)(C)CCC4(C)C)cc2)c1. The first-order valence-corrected chi connectivity index (χ1v) is 31.3. The number of nitrogens with zero attached hydrogens (tertiary/aromatic N) is 3. The van der Waals surface area contributed by atoms with E-state index in [-0.39, 0.29) is 28.4 Å². The van der Waals surface area contributed by atoms with Gasteiger partial charge in [0, 0.05) is 61.7 Å². The van der Waals surface area contributed by atoms with Gasteiger partial charge in [-0.1, -0.05) is 227 Å². The Hall–Kier alpha value is -9.32. The summed E-state index contributed by atoms with van der Waals surface area (Å²) in [5.41, 5.74) is 28.8. The van der Waals surface area contributed by atoms with Crippen molar-refractivity contribution in [3.63, 3.8) is 0 Å². The van der Waals surface area contributed by atoms with Crippen molar-refractivity contribution in [3.8, 4) is 39.1 Å². The fourth-order valence-electron chi connectivity index (χ4n) is 15.0. The van der Waals surface area contributed by atoms with Crippen LogP contribution < -0.4 is 26.2 Å². The lowest BCUT2D eigenvalue weighted by atomic mass is 9.33. The van der Waals surface area contributed by atoms with Crippen LogP contribution in [0.1, 0.15) is 104 Å². The van der Waals surface area contributed by atoms with Crippen molar-refractivity contribution in [1.82, 2.24) is 4.57 Å². The zero-order valence-corrected chi connectivity index (χ0v) is 51.7. The van der Waals surface area contributed by atoms with E-state index in [4.69, 9.17) is 4.42 Å². The van der Waals surface area contributed by atoms with Crippen LogP contribution in [0.15, 0.2) is 235 Å². The van der Waals surface area contributed by atoms with E-state index >= 15 is 0 Å². The Morgan fingerprint density at radius 3 is 1.41 bits per heavy atom. The van der Waals surface area contributed by atoms with Crippen LogP contribution in [0.3, 0.4) is 0 Å². The van der Waals surface area contributed by atoms with Gasteiger partial charge in [0.05, 0.1) is 16.7 Å². The standard InChI is InChI=1S/C82H72BN3O/c1-79(2,3)57-21-17-19-52(43-57)55-32-39-72-68(46-55)83-69-47-56(53-20-18-22-58(44-53)80(4,5)6)33-40-73(69)85(60-36-37-65-64-25-13-16-28-76(64)87-77(65)50-60)75-49-61(86-70-26-14-11-23-62(70)63-24-12-15-27-71(63)86)48-74(78(75)83)84(72)59-34-29-51(30-35-59)54-31-38-66-67(45-54)82(9,10)42-41-81(66,7)8/h11-40,43-50H,41-42H2,1-10H3. The van der Waals surface area contributed by atoms with Crippen LogP contribution in [0.5, 0.6) is 0 Å². The lowest BCUT2D eigenvalue weighted by Gasteiger charge is -2.44. The van der Waals surface area contributed by atoms with Gasteiger partial charge in [0.1, 0.15) is 11.2 Å². The normalized spacial score (nSPS) is 15.0. The molecule has 0 saturated carbocycles. The maximum absolute atomic E-state index is 6.79. The van der Waals surface area contributed by atoms with Crippen molar-refractivity contribution in [2.45, 2.75) is 104 Å². The maximum atomic E-state index is 6.79. The van der Waals surface area contributed by atoms with E-state index in [0.717, 1.165) is 56.1 Å². The third-order valence-corrected chi connectivity index (χ3v) is 19.9. The van der Waals surface area contributed by atoms with Crippen LogP contribution >= 0.6 is 0 Å². The first-order valence-electron chi connectivity index (χ1n) is 31.3. The molecule has 0 N–H and O–H groups in total. The van der Waals surface area contributed by atoms with Gasteiger partial charge in [-0.25, -0.2) is 0 Å². The summed E-state index contributed by atoms with van der Waals surface area (Å²) in [5.74, 6) is 0. The summed E-state index contributed by atoms with van der Waals surface area (Å²) in [4.78, 5) is 5.13. The number of fused-ring (bicyclic) bond motifs is 11. The van der Waals surface area contributed by atoms with Crippen LogP contribution in [-0.4, -0.2) is 11.3 Å². The molecular formula is C82H72BN3O. The van der Waals surface area contributed by atoms with Crippen LogP contribution in [-0.2, 0) is 21.7 Å². The molecule has 3 aliphatic rings. The molecule has 11 aromatic carbocycles. The molecule has 4 heterocycles. The van der Waals surface area contributed by atoms with Crippen LogP contribution in [0, 0.1) is 0 Å². The fourth-order valence-corrected chi connectivity index (χ4v) is 15.0. The Balaban J connectivity index is 0.996. The fraction of sp³-hybridized carbons (Fsp3) is 0.195. The molecule has 0 unspecified atom stereocenters. The minimum atomic E-state index is -0.159. The average Bonchev–Trinajstić information content (AvgIpc) is 1.08. The lowest BCUT2D eigenvalue weighted by Crippen LogP contribution is -2.61. The number of para-hydroxylation sites is 3. The Bertz CT molecular complexity index is 4930. The Morgan fingerprint density at radius 1 is 0.356 bits per heavy atom. The molecule has 0 radical (unpaired) electrons. The minimum absolute atomic E-state index is 0.0150. The van der Waals surface area contributed by atoms with Crippen molar-refractivity contribution in [1.29, 1.82) is 0 Å². The van der Waals surface area contributed by atoms with Crippen molar-refractivity contribution in [2.24, 2.45) is 0 Å². The number of anilines is 6. The molecule has 87 heavy (non-hydrogen) atoms. The summed E-state index contributed by atoms with van der Waals surface area (Å²) in [6.07, 6.45) is 2.37. The zero-order valence-electron chi connectivity index (χ0n) is 51.7. The highest BCUT2D eigenvalue weighted by Gasteiger charge is 2.45. The Labute approximate surface area is 512 Å². The maximum Gasteiger partial charge on any atom is 0.252 e. The highest BCUT2D eigenvalue weighted by atomic mass is 16.3. The molecule has 4 nitrogen and oxygen atoms in total. The summed E-state index contributed by atoms with van der Waals surface area (Å²) in [6.45, 7) is 23.4. The third-order valence-electron chi connectivity index (χ3n) is 19.9. The van der Waals surface area contributed by atoms with Crippen LogP contribution in [0.4, 0.5) is 34.1 Å². The molecule has 0 saturated heterocycles. The summed E-state index contributed by atoms with van der Waals surface area (Å²) in [5, 5.41) is 4.68. The molecule has 1 aliphatic carbocycles. The molecule has 5 heteroatoms. The van der Waals surface area contributed by atoms with Crippen molar-refractivity contribution < 1.29 is 4.42 Å². The van der Waals surface area contributed by atoms with Gasteiger partial charge in [0.2, 0.25) is 0 Å². The zero-order chi connectivity index (χ0) is 59.5. The molecule has 0 atom stereocenters. The van der Waals surface area contributed by atoms with Crippen LogP contribution in [0.2, 0.25) is 0 Å². The minimum Gasteiger partial charge on any atom is -0.456 e. The summed E-state index contributed by atoms with van der Waals surface area (Å²) in [7, 11) is 0. The van der Waals surface area contributed by atoms with E-state index in [2.05, 4.69) is 314 Å². The van der Waals surface area contributed by atoms with Crippen molar-refractivity contribution in [3.05, 3.63) is 253 Å². The van der Waals surface area contributed by atoms with E-state index < -0.39 is 0 Å². The smallest absolute Gasteiger partial charge is 0.252 e.